The summed E-state index contributed by atoms with van der Waals surface area (Å²) in [6, 6.07) is 9.29. The number of carbonyl (C=O) groups is 1. The van der Waals surface area contributed by atoms with E-state index in [2.05, 4.69) is 15.6 Å². The third-order valence-electron chi connectivity index (χ3n) is 6.20. The van der Waals surface area contributed by atoms with Crippen molar-refractivity contribution < 1.29 is 26.4 Å². The molecule has 0 bridgehead atoms. The van der Waals surface area contributed by atoms with Gasteiger partial charge in [-0.25, -0.2) is 30.9 Å². The predicted octanol–water partition coefficient (Wildman–Crippen LogP) is 3.76. The van der Waals surface area contributed by atoms with Crippen molar-refractivity contribution in [2.24, 2.45) is 0 Å². The molecule has 0 atom stereocenters. The number of nitrogens with one attached hydrogen (secondary N) is 2. The minimum Gasteiger partial charge on any atom is -0.382 e. The van der Waals surface area contributed by atoms with E-state index in [1.807, 2.05) is 0 Å². The quantitative estimate of drug-likeness (QED) is 0.239. The number of benzene rings is 2. The minimum atomic E-state index is -3.43. The Hall–Kier alpha value is -3.00. The lowest BCUT2D eigenvalue weighted by Gasteiger charge is -2.31. The minimum absolute atomic E-state index is 0.00232. The van der Waals surface area contributed by atoms with Gasteiger partial charge in [0.25, 0.3) is 0 Å². The summed E-state index contributed by atoms with van der Waals surface area (Å²) in [4.78, 5) is 16.7. The molecule has 0 amide bonds. The Morgan fingerprint density at radius 3 is 2.47 bits per heavy atom. The van der Waals surface area contributed by atoms with Gasteiger partial charge in [-0.3, -0.25) is 4.79 Å². The van der Waals surface area contributed by atoms with Crippen molar-refractivity contribution in [3.63, 3.8) is 0 Å². The highest BCUT2D eigenvalue weighted by molar-refractivity contribution is 7.89. The highest BCUT2D eigenvalue weighted by atomic mass is 32.2. The molecular formula is C25H28F3N5O3S2. The molecule has 204 valence electrons. The Bertz CT molecular complexity index is 1370. The van der Waals surface area contributed by atoms with Crippen LogP contribution in [0.2, 0.25) is 0 Å². The van der Waals surface area contributed by atoms with Gasteiger partial charge in [0.2, 0.25) is 15.8 Å². The first-order chi connectivity index (χ1) is 18.1. The maximum Gasteiger partial charge on any atom is 0.214 e. The lowest BCUT2D eigenvalue weighted by Crippen LogP contribution is -2.43. The lowest BCUT2D eigenvalue weighted by atomic mass is 10.1. The molecular weight excluding hydrogens is 539 g/mol. The van der Waals surface area contributed by atoms with Gasteiger partial charge in [-0.1, -0.05) is 29.5 Å². The number of thiazole rings is 1. The summed E-state index contributed by atoms with van der Waals surface area (Å²) >= 11 is 0.905. The molecule has 4 N–H and O–H groups in total. The number of ketones is 1. The zero-order chi connectivity index (χ0) is 27.3. The van der Waals surface area contributed by atoms with E-state index in [1.54, 1.807) is 12.1 Å². The van der Waals surface area contributed by atoms with Gasteiger partial charge in [0, 0.05) is 25.7 Å². The molecule has 2 aromatic carbocycles. The monoisotopic (exact) mass is 567 g/mol. The van der Waals surface area contributed by atoms with E-state index in [0.29, 0.717) is 50.6 Å². The number of halogens is 3. The van der Waals surface area contributed by atoms with Gasteiger partial charge in [-0.2, -0.15) is 0 Å². The zero-order valence-electron chi connectivity index (χ0n) is 20.4. The maximum atomic E-state index is 14.0. The summed E-state index contributed by atoms with van der Waals surface area (Å²) in [5.74, 6) is -3.27. The number of rotatable bonds is 11. The van der Waals surface area contributed by atoms with Gasteiger partial charge in [0.15, 0.2) is 5.13 Å². The smallest absolute Gasteiger partial charge is 0.214 e. The number of hydrogen-bond donors (Lipinski definition) is 3. The Morgan fingerprint density at radius 1 is 1.11 bits per heavy atom. The first-order valence-corrected chi connectivity index (χ1v) is 14.5. The highest BCUT2D eigenvalue weighted by Crippen LogP contribution is 2.30. The van der Waals surface area contributed by atoms with Crippen molar-refractivity contribution >= 4 is 38.1 Å². The van der Waals surface area contributed by atoms with Gasteiger partial charge < -0.3 is 16.4 Å². The third kappa shape index (κ3) is 6.90. The van der Waals surface area contributed by atoms with E-state index < -0.39 is 33.0 Å². The molecule has 4 rings (SSSR count). The second kappa shape index (κ2) is 12.2. The molecule has 0 aliphatic carbocycles. The van der Waals surface area contributed by atoms with E-state index in [0.717, 1.165) is 29.0 Å². The fourth-order valence-electron chi connectivity index (χ4n) is 4.23. The number of sulfonamides is 1. The number of aromatic nitrogens is 1. The van der Waals surface area contributed by atoms with Crippen molar-refractivity contribution in [3.05, 3.63) is 75.9 Å². The van der Waals surface area contributed by atoms with Crippen LogP contribution in [-0.2, 0) is 16.6 Å². The van der Waals surface area contributed by atoms with Crippen LogP contribution in [0.4, 0.5) is 24.1 Å². The standard InChI is InChI=1S/C25H28F3N5O3S2/c26-17-5-1-4-16(14-17)15-30-10-3-13-38(35,36)33-11-8-18(9-12-33)31-25-32-24(29)23(37-25)22(34)21-19(27)6-2-7-20(21)28/h1-2,4-7,14,18,30H,3,8-13,15,29H2,(H,31,32). The first kappa shape index (κ1) is 28.0. The molecule has 0 unspecified atom stereocenters. The van der Waals surface area contributed by atoms with Crippen molar-refractivity contribution in [3.8, 4) is 0 Å². The summed E-state index contributed by atoms with van der Waals surface area (Å²) in [5.41, 5.74) is 5.96. The van der Waals surface area contributed by atoms with Crippen molar-refractivity contribution in [1.82, 2.24) is 14.6 Å². The lowest BCUT2D eigenvalue weighted by molar-refractivity contribution is 0.103. The molecule has 13 heteroatoms. The topological polar surface area (TPSA) is 117 Å². The summed E-state index contributed by atoms with van der Waals surface area (Å²) in [6.07, 6.45) is 1.46. The predicted molar refractivity (Wildman–Crippen MR) is 141 cm³/mol. The molecule has 2 heterocycles. The number of nitrogens with two attached hydrogens (primary N) is 1. The zero-order valence-corrected chi connectivity index (χ0v) is 22.1. The number of piperidine rings is 1. The van der Waals surface area contributed by atoms with Crippen LogP contribution < -0.4 is 16.4 Å². The van der Waals surface area contributed by atoms with E-state index >= 15 is 0 Å². The summed E-state index contributed by atoms with van der Waals surface area (Å²) < 4.78 is 68.2. The summed E-state index contributed by atoms with van der Waals surface area (Å²) in [6.45, 7) is 1.59. The molecule has 8 nitrogen and oxygen atoms in total. The number of nitrogen functional groups attached to an aromatic ring is 1. The molecule has 0 saturated carbocycles. The average molecular weight is 568 g/mol. The summed E-state index contributed by atoms with van der Waals surface area (Å²) in [5, 5.41) is 6.61. The number of carbonyl (C=O) groups excluding carboxylic acids is 1. The van der Waals surface area contributed by atoms with Crippen LogP contribution >= 0.6 is 11.3 Å². The van der Waals surface area contributed by atoms with Crippen LogP contribution in [0, 0.1) is 17.5 Å². The SMILES string of the molecule is Nc1nc(NC2CCN(S(=O)(=O)CCCNCc3cccc(F)c3)CC2)sc1C(=O)c1c(F)cccc1F. The molecule has 1 saturated heterocycles. The fourth-order valence-corrected chi connectivity index (χ4v) is 6.67. The van der Waals surface area contributed by atoms with E-state index in [9.17, 15) is 26.4 Å². The Balaban J connectivity index is 1.24. The Labute approximate surface area is 223 Å². The molecule has 1 aliphatic heterocycles. The largest absolute Gasteiger partial charge is 0.382 e. The summed E-state index contributed by atoms with van der Waals surface area (Å²) in [7, 11) is -3.43. The number of hydrogen-bond acceptors (Lipinski definition) is 8. The van der Waals surface area contributed by atoms with Crippen LogP contribution in [0.1, 0.15) is 40.1 Å². The van der Waals surface area contributed by atoms with E-state index in [1.165, 1.54) is 22.5 Å². The van der Waals surface area contributed by atoms with Crippen LogP contribution in [-0.4, -0.2) is 54.9 Å². The molecule has 1 fully saturated rings. The van der Waals surface area contributed by atoms with E-state index in [-0.39, 0.29) is 28.3 Å². The number of anilines is 2. The maximum absolute atomic E-state index is 14.0. The van der Waals surface area contributed by atoms with Crippen LogP contribution in [0.3, 0.4) is 0 Å². The highest BCUT2D eigenvalue weighted by Gasteiger charge is 2.29. The van der Waals surface area contributed by atoms with E-state index in [4.69, 9.17) is 5.73 Å². The molecule has 3 aromatic rings. The van der Waals surface area contributed by atoms with Crippen LogP contribution in [0.25, 0.3) is 0 Å². The molecule has 1 aliphatic rings. The second-order valence-corrected chi connectivity index (χ2v) is 12.0. The first-order valence-electron chi connectivity index (χ1n) is 12.1. The molecule has 0 radical (unpaired) electrons. The molecule has 38 heavy (non-hydrogen) atoms. The van der Waals surface area contributed by atoms with Gasteiger partial charge >= 0.3 is 0 Å². The normalized spacial score (nSPS) is 15.0. The van der Waals surface area contributed by atoms with Crippen molar-refractivity contribution in [1.29, 1.82) is 0 Å². The van der Waals surface area contributed by atoms with Crippen molar-refractivity contribution in [2.45, 2.75) is 31.8 Å². The third-order valence-corrected chi connectivity index (χ3v) is 9.16. The Morgan fingerprint density at radius 2 is 1.79 bits per heavy atom. The van der Waals surface area contributed by atoms with Crippen molar-refractivity contribution in [2.75, 3.05) is 36.4 Å². The van der Waals surface area contributed by atoms with Gasteiger partial charge in [-0.15, -0.1) is 0 Å². The fraction of sp³-hybridized carbons (Fsp3) is 0.360. The van der Waals surface area contributed by atoms with Gasteiger partial charge in [0.1, 0.15) is 28.1 Å². The molecule has 0 spiro atoms. The Kier molecular flexibility index (Phi) is 9.03. The van der Waals surface area contributed by atoms with Crippen LogP contribution in [0.15, 0.2) is 42.5 Å². The van der Waals surface area contributed by atoms with Crippen LogP contribution in [0.5, 0.6) is 0 Å². The van der Waals surface area contributed by atoms with Gasteiger partial charge in [-0.05, 0) is 55.6 Å². The number of nitrogens with zero attached hydrogens (tertiary/aromatic N) is 2. The molecule has 1 aromatic heterocycles. The second-order valence-electron chi connectivity index (χ2n) is 8.95. The van der Waals surface area contributed by atoms with Gasteiger partial charge in [0.05, 0.1) is 11.3 Å². The average Bonchev–Trinajstić information content (AvgIpc) is 3.23.